The molecule has 640 valence electrons. The first kappa shape index (κ1) is 90.6. The summed E-state index contributed by atoms with van der Waals surface area (Å²) in [6, 6.07) is 23.6. The van der Waals surface area contributed by atoms with Crippen molar-refractivity contribution in [2.45, 2.75) is 152 Å². The van der Waals surface area contributed by atoms with Crippen LogP contribution in [0.1, 0.15) is 129 Å². The molecule has 3 saturated heterocycles. The van der Waals surface area contributed by atoms with Gasteiger partial charge >= 0.3 is 5.69 Å². The molecule has 5 aliphatic heterocycles. The van der Waals surface area contributed by atoms with Gasteiger partial charge in [-0.1, -0.05) is 138 Å². The molecule has 0 N–H and O–H groups in total. The number of terminal acetylenes is 1. The summed E-state index contributed by atoms with van der Waals surface area (Å²) in [6.45, 7) is 50.4. The van der Waals surface area contributed by atoms with Crippen LogP contribution in [0.5, 0.6) is 0 Å². The van der Waals surface area contributed by atoms with Crippen molar-refractivity contribution in [1.29, 1.82) is 0 Å². The normalized spacial score (nSPS) is 18.4. The van der Waals surface area contributed by atoms with Crippen LogP contribution in [0.4, 0.5) is 47.9 Å². The van der Waals surface area contributed by atoms with Crippen molar-refractivity contribution < 1.29 is 27.6 Å². The Kier molecular flexibility index (Phi) is 27.1. The number of pyridine rings is 3. The molecule has 6 unspecified atom stereocenters. The molecular formula is C92H99BrCl3F3N20O4. The zero-order valence-corrected chi connectivity index (χ0v) is 75.7. The van der Waals surface area contributed by atoms with E-state index in [1.54, 1.807) is 77.7 Å². The van der Waals surface area contributed by atoms with Crippen molar-refractivity contribution in [2.75, 3.05) is 73.0 Å². The summed E-state index contributed by atoms with van der Waals surface area (Å²) in [4.78, 5) is 116. The van der Waals surface area contributed by atoms with Crippen molar-refractivity contribution in [3.63, 3.8) is 0 Å². The lowest BCUT2D eigenvalue weighted by Gasteiger charge is -2.46. The van der Waals surface area contributed by atoms with Gasteiger partial charge in [-0.15, -0.1) is 6.42 Å². The number of amidine groups is 2. The second-order valence-corrected chi connectivity index (χ2v) is 34.6. The van der Waals surface area contributed by atoms with Gasteiger partial charge in [-0.25, -0.2) is 62.8 Å². The van der Waals surface area contributed by atoms with Gasteiger partial charge in [0.05, 0.1) is 82.8 Å². The van der Waals surface area contributed by atoms with E-state index in [-0.39, 0.29) is 110 Å². The standard InChI is InChI=1S/C33H38ClFN8O.C31H32BrClFN7O.C28H29ClFN5O2/c1-10-27(44)41-16-20(5)42(17-19(41)4)31-24-15-25(34)29(23-13-11-12-14-26(23)35)38-32(24)43(22(7)37-31)30-21(6)36-33(40(8)9)39-28(30)18(2)3;1-8-25(42)39-14-18(5)40(15-17(39)4)29-22-13-23(33)27(21-11-9-10-12-24(21)34)37-30(22)41(20(7)36-29)28-19(6)35-31(32)38-26(28)16(2)3;1-7-23(36)33-14-18(4)34(15-17(33)3)26-20-13-21(29)24(19-11-9-10-12-22(19)30)31-25(20)35(27(37)32-26)16-28(5,6)8-2/h10-15,18-20H,1,7,16-17H2,2-6,8-9H3;8-13,16-18H,1,7,14-15H2,2-6H3;2,7,9-13,17-18H,1,14-16H2,3-6H3. The molecule has 123 heavy (non-hydrogen) atoms. The van der Waals surface area contributed by atoms with Gasteiger partial charge in [-0.05, 0) is 170 Å². The summed E-state index contributed by atoms with van der Waals surface area (Å²) in [6.07, 6.45) is 9.71. The Morgan fingerprint density at radius 1 is 0.537 bits per heavy atom. The Balaban J connectivity index is 0.000000169. The number of aliphatic imine (C=N–C) groups is 2. The lowest BCUT2D eigenvalue weighted by atomic mass is 9.95. The third-order valence-corrected chi connectivity index (χ3v) is 23.5. The first-order chi connectivity index (χ1) is 58.2. The predicted molar refractivity (Wildman–Crippen MR) is 489 cm³/mol. The third kappa shape index (κ3) is 18.1. The second kappa shape index (κ2) is 36.8. The first-order valence-corrected chi connectivity index (χ1v) is 42.3. The number of carbonyl (C=O) groups is 3. The Morgan fingerprint density at radius 2 is 0.911 bits per heavy atom. The zero-order chi connectivity index (χ0) is 89.6. The lowest BCUT2D eigenvalue weighted by molar-refractivity contribution is -0.131. The number of halogens is 7. The largest absolute Gasteiger partial charge is 0.351 e. The Labute approximate surface area is 739 Å². The first-order valence-electron chi connectivity index (χ1n) is 40.3. The molecule has 3 fully saturated rings. The van der Waals surface area contributed by atoms with Crippen molar-refractivity contribution in [3.8, 4) is 46.1 Å². The van der Waals surface area contributed by atoms with Gasteiger partial charge in [0.15, 0.2) is 16.4 Å². The van der Waals surface area contributed by atoms with Crippen molar-refractivity contribution in [1.82, 2.24) is 68.9 Å². The van der Waals surface area contributed by atoms with Crippen molar-refractivity contribution in [3.05, 3.63) is 235 Å². The van der Waals surface area contributed by atoms with Crippen LogP contribution in [0.15, 0.2) is 173 Å². The molecule has 0 radical (unpaired) electrons. The van der Waals surface area contributed by atoms with Crippen LogP contribution < -0.4 is 25.3 Å². The maximum Gasteiger partial charge on any atom is 0.351 e. The van der Waals surface area contributed by atoms with Crippen LogP contribution in [0.25, 0.3) is 44.8 Å². The maximum absolute atomic E-state index is 15.1. The molecular weight excluding hydrogens is 1690 g/mol. The summed E-state index contributed by atoms with van der Waals surface area (Å²) >= 11 is 23.8. The third-order valence-electron chi connectivity index (χ3n) is 22.2. The molecule has 0 bridgehead atoms. The minimum absolute atomic E-state index is 0.0294. The molecule has 24 nitrogen and oxygen atoms in total. The summed E-state index contributed by atoms with van der Waals surface area (Å²) in [5.41, 5.74) is 6.50. The maximum atomic E-state index is 15.1. The topological polar surface area (TPSA) is 230 Å². The number of aromatic nitrogens is 9. The van der Waals surface area contributed by atoms with E-state index >= 15 is 8.78 Å². The molecule has 3 amide bonds. The van der Waals surface area contributed by atoms with Gasteiger partial charge < -0.3 is 34.3 Å². The van der Waals surface area contributed by atoms with E-state index in [9.17, 15) is 23.6 Å². The van der Waals surface area contributed by atoms with Crippen LogP contribution >= 0.6 is 50.7 Å². The highest BCUT2D eigenvalue weighted by Gasteiger charge is 2.43. The number of hydrogen-bond donors (Lipinski definition) is 0. The molecule has 9 aromatic rings. The summed E-state index contributed by atoms with van der Waals surface area (Å²) in [5, 5.41) is 1.34. The number of piperazine rings is 3. The summed E-state index contributed by atoms with van der Waals surface area (Å²) in [5.74, 6) is 5.14. The smallest absolute Gasteiger partial charge is 0.349 e. The predicted octanol–water partition coefficient (Wildman–Crippen LogP) is 17.8. The molecule has 6 atom stereocenters. The number of aryl methyl sites for hydroxylation is 2. The Morgan fingerprint density at radius 3 is 1.30 bits per heavy atom. The van der Waals surface area contributed by atoms with Crippen molar-refractivity contribution >= 4 is 126 Å². The van der Waals surface area contributed by atoms with E-state index in [1.807, 2.05) is 127 Å². The van der Waals surface area contributed by atoms with Gasteiger partial charge in [0.2, 0.25) is 23.7 Å². The number of rotatable bonds is 14. The van der Waals surface area contributed by atoms with Crippen molar-refractivity contribution in [2.24, 2.45) is 15.4 Å². The van der Waals surface area contributed by atoms with E-state index in [2.05, 4.69) is 88.4 Å². The zero-order valence-electron chi connectivity index (χ0n) is 71.8. The van der Waals surface area contributed by atoms with E-state index in [1.165, 1.54) is 41.0 Å². The molecule has 0 aliphatic carbocycles. The fourth-order valence-corrected chi connectivity index (χ4v) is 17.2. The summed E-state index contributed by atoms with van der Waals surface area (Å²) < 4.78 is 46.7. The molecule has 0 saturated carbocycles. The minimum atomic E-state index is -0.669. The van der Waals surface area contributed by atoms with Gasteiger partial charge in [0.25, 0.3) is 0 Å². The number of hydrogen-bond acceptors (Lipinski definition) is 20. The van der Waals surface area contributed by atoms with Gasteiger partial charge in [-0.3, -0.25) is 28.8 Å². The molecule has 14 rings (SSSR count). The van der Waals surface area contributed by atoms with Gasteiger partial charge in [-0.2, -0.15) is 4.98 Å². The summed E-state index contributed by atoms with van der Waals surface area (Å²) in [7, 11) is 3.80. The highest BCUT2D eigenvalue weighted by molar-refractivity contribution is 9.10. The number of carbonyl (C=O) groups excluding carboxylic acids is 3. The molecule has 5 aliphatic rings. The monoisotopic (exact) mass is 1790 g/mol. The number of amides is 3. The highest BCUT2D eigenvalue weighted by Crippen LogP contribution is 2.48. The SMILES string of the molecule is C#CC(C)(C)Cn1c(=O)nc(N2CC(C)N(C(=O)C=C)CC2C)c2cc(Cl)c(-c3ccccc3F)nc21.C=CC(=O)N1CC(C)N(C2=NC(=C)N(c3c(C)nc(Br)nc3C(C)C)c3nc(-c4ccccc4F)c(Cl)cc32)CC1C.C=CC(=O)N1CC(C)N(C2=NC(=C)N(c3c(C)nc(N(C)C)nc3C(C)C)c3nc(-c4ccccc4F)c(Cl)cc32)CC1C. The van der Waals surface area contributed by atoms with E-state index in [4.69, 9.17) is 81.1 Å². The Bertz CT molecular complexity index is 5950. The van der Waals surface area contributed by atoms with Gasteiger partial charge in [0.1, 0.15) is 52.2 Å². The average Bonchev–Trinajstić information content (AvgIpc) is 0.730. The molecule has 3 aromatic carbocycles. The highest BCUT2D eigenvalue weighted by atomic mass is 79.9. The number of nitrogens with zero attached hydrogens (tertiary/aromatic N) is 20. The number of fused-ring (bicyclic) bond motifs is 3. The Hall–Kier alpha value is -11.6. The fraction of sp³-hybridized carbons (Fsp3) is 0.348. The molecule has 31 heteroatoms. The van der Waals surface area contributed by atoms with E-state index < -0.39 is 28.6 Å². The van der Waals surface area contributed by atoms with E-state index in [0.717, 1.165) is 22.8 Å². The second-order valence-electron chi connectivity index (χ2n) is 32.7. The number of anilines is 6. The number of benzene rings is 3. The molecule has 11 heterocycles. The van der Waals surface area contributed by atoms with Crippen LogP contribution in [0, 0.1) is 49.1 Å². The van der Waals surface area contributed by atoms with Gasteiger partial charge in [0, 0.05) is 118 Å². The van der Waals surface area contributed by atoms with E-state index in [0.29, 0.717) is 136 Å². The van der Waals surface area contributed by atoms with Crippen LogP contribution in [0.3, 0.4) is 0 Å². The average molecular weight is 1790 g/mol. The minimum Gasteiger partial charge on any atom is -0.349 e. The van der Waals surface area contributed by atoms with Crippen LogP contribution in [-0.4, -0.2) is 188 Å². The molecule has 6 aromatic heterocycles. The fourth-order valence-electron chi connectivity index (χ4n) is 15.9. The van der Waals surface area contributed by atoms with Crippen LogP contribution in [-0.2, 0) is 20.9 Å². The molecule has 0 spiro atoms. The van der Waals surface area contributed by atoms with Crippen LogP contribution in [0.2, 0.25) is 15.1 Å². The quantitative estimate of drug-likeness (QED) is 0.0559. The lowest BCUT2D eigenvalue weighted by Crippen LogP contribution is -2.59.